The molecule has 27 heavy (non-hydrogen) atoms. The van der Waals surface area contributed by atoms with Crippen molar-refractivity contribution in [3.05, 3.63) is 47.2 Å². The van der Waals surface area contributed by atoms with Gasteiger partial charge in [-0.2, -0.15) is 0 Å². The molecule has 1 aliphatic carbocycles. The second-order valence-corrected chi connectivity index (χ2v) is 7.26. The van der Waals surface area contributed by atoms with E-state index in [0.717, 1.165) is 44.8 Å². The number of ketones is 1. The molecule has 1 aromatic rings. The molecular formula is C21H29N3O3. The number of nitrogens with zero attached hydrogens (tertiary/aromatic N) is 3. The Hall–Kier alpha value is -2.02. The Morgan fingerprint density at radius 3 is 2.41 bits per heavy atom. The van der Waals surface area contributed by atoms with E-state index in [2.05, 4.69) is 14.8 Å². The largest absolute Gasteiger partial charge is 0.511 e. The number of benzene rings is 1. The number of hydrogen-bond acceptors (Lipinski definition) is 6. The van der Waals surface area contributed by atoms with Crippen molar-refractivity contribution >= 4 is 12.0 Å². The third kappa shape index (κ3) is 5.48. The van der Waals surface area contributed by atoms with Crippen LogP contribution in [0.25, 0.3) is 0 Å². The van der Waals surface area contributed by atoms with Gasteiger partial charge in [0.2, 0.25) is 0 Å². The SMILES string of the molecule is O=C1CC(Cc2ccccc2)C(O)=C1C=NCCN1CCN(CCO)CC1. The zero-order chi connectivity index (χ0) is 19.1. The van der Waals surface area contributed by atoms with Gasteiger partial charge in [0, 0.05) is 57.8 Å². The van der Waals surface area contributed by atoms with Crippen LogP contribution in [0.5, 0.6) is 0 Å². The summed E-state index contributed by atoms with van der Waals surface area (Å²) in [6.45, 7) is 6.30. The van der Waals surface area contributed by atoms with Gasteiger partial charge in [0.1, 0.15) is 5.76 Å². The summed E-state index contributed by atoms with van der Waals surface area (Å²) < 4.78 is 0. The minimum atomic E-state index is -0.138. The maximum absolute atomic E-state index is 12.2. The van der Waals surface area contributed by atoms with Gasteiger partial charge in [0.15, 0.2) is 5.78 Å². The first-order chi connectivity index (χ1) is 13.2. The number of aliphatic hydroxyl groups excluding tert-OH is 2. The second-order valence-electron chi connectivity index (χ2n) is 7.26. The summed E-state index contributed by atoms with van der Waals surface area (Å²) in [5.74, 6) is 0.0287. The number of Topliss-reactive ketones (excluding diaryl/α,β-unsaturated/α-hetero) is 1. The molecule has 6 nitrogen and oxygen atoms in total. The van der Waals surface area contributed by atoms with E-state index >= 15 is 0 Å². The molecule has 1 aromatic carbocycles. The summed E-state index contributed by atoms with van der Waals surface area (Å²) in [6.07, 6.45) is 2.59. The molecule has 2 N–H and O–H groups in total. The molecule has 1 aliphatic heterocycles. The van der Waals surface area contributed by atoms with Crippen molar-refractivity contribution in [2.75, 3.05) is 52.4 Å². The zero-order valence-corrected chi connectivity index (χ0v) is 15.8. The first-order valence-electron chi connectivity index (χ1n) is 9.73. The summed E-state index contributed by atoms with van der Waals surface area (Å²) in [4.78, 5) is 21.2. The predicted molar refractivity (Wildman–Crippen MR) is 106 cm³/mol. The fraction of sp³-hybridized carbons (Fsp3) is 0.524. The molecule has 6 heteroatoms. The molecule has 146 valence electrons. The van der Waals surface area contributed by atoms with E-state index in [1.54, 1.807) is 6.21 Å². The topological polar surface area (TPSA) is 76.4 Å². The van der Waals surface area contributed by atoms with Gasteiger partial charge in [-0.3, -0.25) is 19.6 Å². The number of aliphatic hydroxyl groups is 2. The third-order valence-corrected chi connectivity index (χ3v) is 5.37. The Kier molecular flexibility index (Phi) is 7.15. The molecule has 1 atom stereocenters. The van der Waals surface area contributed by atoms with Gasteiger partial charge in [-0.05, 0) is 12.0 Å². The molecule has 0 amide bonds. The summed E-state index contributed by atoms with van der Waals surface area (Å²) in [6, 6.07) is 9.94. The van der Waals surface area contributed by atoms with Gasteiger partial charge < -0.3 is 10.2 Å². The van der Waals surface area contributed by atoms with Gasteiger partial charge >= 0.3 is 0 Å². The summed E-state index contributed by atoms with van der Waals surface area (Å²) in [7, 11) is 0. The van der Waals surface area contributed by atoms with Crippen molar-refractivity contribution in [2.24, 2.45) is 10.9 Å². The van der Waals surface area contributed by atoms with Gasteiger partial charge in [-0.25, -0.2) is 0 Å². The molecule has 1 saturated heterocycles. The Bertz CT molecular complexity index is 679. The van der Waals surface area contributed by atoms with E-state index < -0.39 is 0 Å². The van der Waals surface area contributed by atoms with E-state index in [4.69, 9.17) is 5.11 Å². The molecule has 0 saturated carbocycles. The molecule has 0 radical (unpaired) electrons. The van der Waals surface area contributed by atoms with E-state index in [9.17, 15) is 9.90 Å². The highest BCUT2D eigenvalue weighted by atomic mass is 16.3. The third-order valence-electron chi connectivity index (χ3n) is 5.37. The molecule has 1 unspecified atom stereocenters. The molecule has 1 fully saturated rings. The number of aliphatic imine (C=N–C) groups is 1. The van der Waals surface area contributed by atoms with Crippen LogP contribution >= 0.6 is 0 Å². The average molecular weight is 371 g/mol. The number of carbonyl (C=O) groups is 1. The lowest BCUT2D eigenvalue weighted by atomic mass is 9.98. The van der Waals surface area contributed by atoms with Gasteiger partial charge in [0.25, 0.3) is 0 Å². The van der Waals surface area contributed by atoms with Crippen LogP contribution in [0.3, 0.4) is 0 Å². The van der Waals surface area contributed by atoms with Crippen LogP contribution in [0.2, 0.25) is 0 Å². The Labute approximate surface area is 160 Å². The highest BCUT2D eigenvalue weighted by molar-refractivity contribution is 6.15. The molecule has 0 bridgehead atoms. The Morgan fingerprint density at radius 2 is 1.74 bits per heavy atom. The quantitative estimate of drug-likeness (QED) is 0.674. The lowest BCUT2D eigenvalue weighted by molar-refractivity contribution is -0.114. The van der Waals surface area contributed by atoms with Crippen LogP contribution in [0.1, 0.15) is 12.0 Å². The highest BCUT2D eigenvalue weighted by Crippen LogP contribution is 2.29. The predicted octanol–water partition coefficient (Wildman–Crippen LogP) is 1.31. The number of allylic oxidation sites excluding steroid dienone is 2. The molecule has 3 rings (SSSR count). The number of β-amino-alcohol motifs (C(OH)–C–C–N with tert-alkyl or cyclic N) is 1. The normalized spacial score (nSPS) is 22.3. The highest BCUT2D eigenvalue weighted by Gasteiger charge is 2.31. The number of carbonyl (C=O) groups excluding carboxylic acids is 1. The van der Waals surface area contributed by atoms with E-state index in [1.165, 1.54) is 0 Å². The fourth-order valence-electron chi connectivity index (χ4n) is 3.73. The van der Waals surface area contributed by atoms with Gasteiger partial charge in [0.05, 0.1) is 18.7 Å². The minimum absolute atomic E-state index is 0.0187. The van der Waals surface area contributed by atoms with Crippen molar-refractivity contribution in [3.63, 3.8) is 0 Å². The zero-order valence-electron chi connectivity index (χ0n) is 15.8. The average Bonchev–Trinajstić information content (AvgIpc) is 2.94. The molecule has 0 spiro atoms. The summed E-state index contributed by atoms with van der Waals surface area (Å²) >= 11 is 0. The van der Waals surface area contributed by atoms with Crippen LogP contribution in [0, 0.1) is 5.92 Å². The lowest BCUT2D eigenvalue weighted by Gasteiger charge is -2.33. The van der Waals surface area contributed by atoms with Crippen LogP contribution in [-0.2, 0) is 11.2 Å². The van der Waals surface area contributed by atoms with Crippen molar-refractivity contribution in [1.29, 1.82) is 0 Å². The fourth-order valence-corrected chi connectivity index (χ4v) is 3.73. The molecule has 2 aliphatic rings. The summed E-state index contributed by atoms with van der Waals surface area (Å²) in [5.41, 5.74) is 1.50. The van der Waals surface area contributed by atoms with Crippen LogP contribution in [-0.4, -0.2) is 84.4 Å². The summed E-state index contributed by atoms with van der Waals surface area (Å²) in [5, 5.41) is 19.4. The number of piperazine rings is 1. The first-order valence-corrected chi connectivity index (χ1v) is 9.73. The first kappa shape index (κ1) is 19.7. The second kappa shape index (κ2) is 9.78. The van der Waals surface area contributed by atoms with Crippen molar-refractivity contribution in [2.45, 2.75) is 12.8 Å². The van der Waals surface area contributed by atoms with Gasteiger partial charge in [-0.15, -0.1) is 0 Å². The maximum Gasteiger partial charge on any atom is 0.168 e. The van der Waals surface area contributed by atoms with Crippen molar-refractivity contribution in [3.8, 4) is 0 Å². The van der Waals surface area contributed by atoms with Crippen molar-refractivity contribution < 1.29 is 15.0 Å². The van der Waals surface area contributed by atoms with E-state index in [1.807, 2.05) is 30.3 Å². The van der Waals surface area contributed by atoms with E-state index in [-0.39, 0.29) is 24.1 Å². The van der Waals surface area contributed by atoms with Crippen LogP contribution < -0.4 is 0 Å². The Morgan fingerprint density at radius 1 is 1.07 bits per heavy atom. The van der Waals surface area contributed by atoms with Crippen LogP contribution in [0.4, 0.5) is 0 Å². The standard InChI is InChI=1S/C21H29N3O3/c25-13-12-24-10-8-23(9-11-24)7-6-22-16-19-20(26)15-18(21(19)27)14-17-4-2-1-3-5-17/h1-5,16,18,25,27H,6-15H2. The molecular weight excluding hydrogens is 342 g/mol. The van der Waals surface area contributed by atoms with E-state index in [0.29, 0.717) is 25.0 Å². The monoisotopic (exact) mass is 371 g/mol. The minimum Gasteiger partial charge on any atom is -0.511 e. The lowest BCUT2D eigenvalue weighted by Crippen LogP contribution is -2.47. The number of rotatable bonds is 8. The van der Waals surface area contributed by atoms with Crippen LogP contribution in [0.15, 0.2) is 46.7 Å². The van der Waals surface area contributed by atoms with Gasteiger partial charge in [-0.1, -0.05) is 30.3 Å². The number of hydrogen-bond donors (Lipinski definition) is 2. The Balaban J connectivity index is 1.47. The molecule has 0 aromatic heterocycles. The smallest absolute Gasteiger partial charge is 0.168 e. The van der Waals surface area contributed by atoms with Crippen molar-refractivity contribution in [1.82, 2.24) is 9.80 Å². The molecule has 1 heterocycles. The maximum atomic E-state index is 12.2.